The fourth-order valence-electron chi connectivity index (χ4n) is 3.93. The Hall–Kier alpha value is -3.85. The third-order valence-electron chi connectivity index (χ3n) is 5.35. The van der Waals surface area contributed by atoms with Crippen LogP contribution in [0.4, 0.5) is 0 Å². The minimum atomic E-state index is -0.946. The van der Waals surface area contributed by atoms with Crippen LogP contribution in [0.2, 0.25) is 0 Å². The van der Waals surface area contributed by atoms with Crippen LogP contribution in [0.5, 0.6) is 11.5 Å². The third-order valence-corrected chi connectivity index (χ3v) is 5.35. The van der Waals surface area contributed by atoms with E-state index in [0.29, 0.717) is 11.5 Å². The molecule has 0 heterocycles. The molecule has 0 fully saturated rings. The van der Waals surface area contributed by atoms with E-state index in [1.165, 1.54) is 39.9 Å². The molecule has 4 aromatic carbocycles. The number of benzene rings is 4. The predicted molar refractivity (Wildman–Crippen MR) is 114 cm³/mol. The molecular weight excluding hydrogens is 360 g/mol. The first-order valence-electron chi connectivity index (χ1n) is 9.51. The molecule has 0 amide bonds. The van der Waals surface area contributed by atoms with Crippen molar-refractivity contribution in [3.63, 3.8) is 0 Å². The first-order chi connectivity index (χ1) is 14.2. The van der Waals surface area contributed by atoms with E-state index >= 15 is 0 Å². The van der Waals surface area contributed by atoms with Gasteiger partial charge in [-0.1, -0.05) is 54.6 Å². The third kappa shape index (κ3) is 3.17. The van der Waals surface area contributed by atoms with Crippen LogP contribution in [0.1, 0.15) is 21.5 Å². The highest BCUT2D eigenvalue weighted by atomic mass is 16.5. The Morgan fingerprint density at radius 3 is 2.03 bits per heavy atom. The van der Waals surface area contributed by atoms with Crippen LogP contribution in [0.3, 0.4) is 0 Å². The van der Waals surface area contributed by atoms with Crippen LogP contribution in [0.25, 0.3) is 22.3 Å². The van der Waals surface area contributed by atoms with Gasteiger partial charge in [-0.2, -0.15) is 0 Å². The Balaban J connectivity index is 1.41. The molecule has 29 heavy (non-hydrogen) atoms. The number of ether oxygens (including phenoxy) is 1. The highest BCUT2D eigenvalue weighted by Crippen LogP contribution is 2.41. The fourth-order valence-corrected chi connectivity index (χ4v) is 3.93. The van der Waals surface area contributed by atoms with Gasteiger partial charge in [-0.3, -0.25) is 0 Å². The van der Waals surface area contributed by atoms with Crippen LogP contribution in [0, 0.1) is 0 Å². The predicted octanol–water partition coefficient (Wildman–Crippen LogP) is 6.42. The summed E-state index contributed by atoms with van der Waals surface area (Å²) in [6.07, 6.45) is 0.954. The van der Waals surface area contributed by atoms with Crippen molar-refractivity contribution in [3.05, 3.63) is 108 Å². The first-order valence-corrected chi connectivity index (χ1v) is 9.51. The van der Waals surface area contributed by atoms with E-state index in [1.807, 2.05) is 12.1 Å². The number of hydrogen-bond acceptors (Lipinski definition) is 2. The molecule has 0 atom stereocenters. The molecule has 0 aromatic heterocycles. The lowest BCUT2D eigenvalue weighted by Gasteiger charge is -2.11. The molecule has 1 N–H and O–H groups in total. The average molecular weight is 378 g/mol. The van der Waals surface area contributed by atoms with Gasteiger partial charge in [-0.25, -0.2) is 4.79 Å². The second-order valence-electron chi connectivity index (χ2n) is 7.12. The molecule has 3 heteroatoms. The molecule has 3 nitrogen and oxygen atoms in total. The summed E-state index contributed by atoms with van der Waals surface area (Å²) in [6, 6.07) is 29.5. The van der Waals surface area contributed by atoms with E-state index in [9.17, 15) is 4.79 Å². The van der Waals surface area contributed by atoms with Crippen molar-refractivity contribution in [2.24, 2.45) is 0 Å². The maximum atomic E-state index is 11.0. The summed E-state index contributed by atoms with van der Waals surface area (Å²) in [6.45, 7) is 0. The number of fused-ring (bicyclic) bond motifs is 3. The number of aromatic carboxylic acids is 1. The molecule has 5 rings (SSSR count). The van der Waals surface area contributed by atoms with E-state index in [1.54, 1.807) is 12.1 Å². The minimum absolute atomic E-state index is 0.242. The first kappa shape index (κ1) is 17.3. The van der Waals surface area contributed by atoms with Gasteiger partial charge >= 0.3 is 5.97 Å². The molecule has 0 saturated carbocycles. The van der Waals surface area contributed by atoms with Gasteiger partial charge in [0.1, 0.15) is 11.5 Å². The van der Waals surface area contributed by atoms with Crippen molar-refractivity contribution in [1.82, 2.24) is 0 Å². The molecule has 0 aliphatic heterocycles. The van der Waals surface area contributed by atoms with Crippen LogP contribution >= 0.6 is 0 Å². The summed E-state index contributed by atoms with van der Waals surface area (Å²) >= 11 is 0. The summed E-state index contributed by atoms with van der Waals surface area (Å²) in [7, 11) is 0. The largest absolute Gasteiger partial charge is 0.478 e. The van der Waals surface area contributed by atoms with E-state index in [2.05, 4.69) is 54.6 Å². The topological polar surface area (TPSA) is 46.5 Å². The summed E-state index contributed by atoms with van der Waals surface area (Å²) in [5.74, 6) is 0.380. The summed E-state index contributed by atoms with van der Waals surface area (Å²) in [5.41, 5.74) is 8.03. The van der Waals surface area contributed by atoms with Crippen molar-refractivity contribution in [3.8, 4) is 33.8 Å². The number of carboxylic acids is 1. The van der Waals surface area contributed by atoms with Crippen molar-refractivity contribution < 1.29 is 14.6 Å². The quantitative estimate of drug-likeness (QED) is 0.393. The molecule has 0 unspecified atom stereocenters. The standard InChI is InChI=1S/C26H18O3/c27-26(28)18-10-14-21(15-11-18)29-20-12-8-17(9-13-20)22-6-3-7-24-23-5-2-1-4-19(23)16-25(22)24/h1-15H,16H2,(H,27,28). The van der Waals surface area contributed by atoms with Gasteiger partial charge < -0.3 is 9.84 Å². The Bertz CT molecular complexity index is 1210. The van der Waals surface area contributed by atoms with Gasteiger partial charge in [0.15, 0.2) is 0 Å². The molecule has 0 bridgehead atoms. The van der Waals surface area contributed by atoms with Gasteiger partial charge in [0.05, 0.1) is 5.56 Å². The molecule has 1 aliphatic rings. The van der Waals surface area contributed by atoms with Gasteiger partial charge in [0.2, 0.25) is 0 Å². The van der Waals surface area contributed by atoms with Crippen molar-refractivity contribution in [2.75, 3.05) is 0 Å². The van der Waals surface area contributed by atoms with Crippen LogP contribution in [0.15, 0.2) is 91.0 Å². The molecule has 0 saturated heterocycles. The van der Waals surface area contributed by atoms with Crippen molar-refractivity contribution in [2.45, 2.75) is 6.42 Å². The van der Waals surface area contributed by atoms with Crippen molar-refractivity contribution in [1.29, 1.82) is 0 Å². The van der Waals surface area contributed by atoms with E-state index in [0.717, 1.165) is 12.0 Å². The molecule has 4 aromatic rings. The van der Waals surface area contributed by atoms with E-state index < -0.39 is 5.97 Å². The Kier molecular flexibility index (Phi) is 4.14. The second kappa shape index (κ2) is 6.95. The lowest BCUT2D eigenvalue weighted by Crippen LogP contribution is -1.95. The number of hydrogen-bond donors (Lipinski definition) is 1. The summed E-state index contributed by atoms with van der Waals surface area (Å²) in [5, 5.41) is 8.99. The zero-order chi connectivity index (χ0) is 19.8. The molecule has 1 aliphatic carbocycles. The zero-order valence-electron chi connectivity index (χ0n) is 15.6. The van der Waals surface area contributed by atoms with Crippen LogP contribution < -0.4 is 4.74 Å². The number of carboxylic acid groups (broad SMARTS) is 1. The highest BCUT2D eigenvalue weighted by Gasteiger charge is 2.20. The number of rotatable bonds is 4. The van der Waals surface area contributed by atoms with Crippen LogP contribution in [-0.2, 0) is 6.42 Å². The maximum absolute atomic E-state index is 11.0. The monoisotopic (exact) mass is 378 g/mol. The SMILES string of the molecule is O=C(O)c1ccc(Oc2ccc(-c3cccc4c3Cc3ccccc3-4)cc2)cc1. The van der Waals surface area contributed by atoms with Gasteiger partial charge in [-0.15, -0.1) is 0 Å². The molecule has 140 valence electrons. The van der Waals surface area contributed by atoms with E-state index in [4.69, 9.17) is 9.84 Å². The Labute approximate surface area is 168 Å². The van der Waals surface area contributed by atoms with Gasteiger partial charge in [0, 0.05) is 0 Å². The Morgan fingerprint density at radius 2 is 1.31 bits per heavy atom. The summed E-state index contributed by atoms with van der Waals surface area (Å²) < 4.78 is 5.85. The normalized spacial score (nSPS) is 11.6. The minimum Gasteiger partial charge on any atom is -0.478 e. The second-order valence-corrected chi connectivity index (χ2v) is 7.12. The van der Waals surface area contributed by atoms with E-state index in [-0.39, 0.29) is 5.56 Å². The highest BCUT2D eigenvalue weighted by molar-refractivity contribution is 5.87. The molecule has 0 radical (unpaired) electrons. The number of carbonyl (C=O) groups is 1. The molecule has 0 spiro atoms. The van der Waals surface area contributed by atoms with Crippen molar-refractivity contribution >= 4 is 5.97 Å². The lowest BCUT2D eigenvalue weighted by atomic mass is 9.96. The smallest absolute Gasteiger partial charge is 0.335 e. The lowest BCUT2D eigenvalue weighted by molar-refractivity contribution is 0.0697. The summed E-state index contributed by atoms with van der Waals surface area (Å²) in [4.78, 5) is 11.0. The average Bonchev–Trinajstić information content (AvgIpc) is 3.14. The van der Waals surface area contributed by atoms with Gasteiger partial charge in [0.25, 0.3) is 0 Å². The maximum Gasteiger partial charge on any atom is 0.335 e. The van der Waals surface area contributed by atoms with Crippen LogP contribution in [-0.4, -0.2) is 11.1 Å². The van der Waals surface area contributed by atoms with Gasteiger partial charge in [-0.05, 0) is 76.2 Å². The zero-order valence-corrected chi connectivity index (χ0v) is 15.6. The Morgan fingerprint density at radius 1 is 0.690 bits per heavy atom. The molecular formula is C26H18O3. The fraction of sp³-hybridized carbons (Fsp3) is 0.0385.